The van der Waals surface area contributed by atoms with Crippen LogP contribution in [0.1, 0.15) is 23.4 Å². The maximum Gasteiger partial charge on any atom is 0.255 e. The van der Waals surface area contributed by atoms with Crippen LogP contribution in [-0.4, -0.2) is 38.8 Å². The predicted octanol–water partition coefficient (Wildman–Crippen LogP) is 1.30. The quantitative estimate of drug-likeness (QED) is 0.805. The van der Waals surface area contributed by atoms with Gasteiger partial charge in [-0.2, -0.15) is 5.10 Å². The molecule has 1 amide bonds. The molecular weight excluding hydrogens is 344 g/mol. The zero-order chi connectivity index (χ0) is 17.8. The number of hydrogen-bond acceptors (Lipinski definition) is 5. The van der Waals surface area contributed by atoms with Crippen molar-refractivity contribution in [2.45, 2.75) is 32.7 Å². The summed E-state index contributed by atoms with van der Waals surface area (Å²) in [5, 5.41) is 14.3. The minimum atomic E-state index is -0.517. The van der Waals surface area contributed by atoms with E-state index in [-0.39, 0.29) is 13.2 Å². The number of primary amides is 1. The first-order valence-corrected chi connectivity index (χ1v) is 8.51. The molecule has 0 radical (unpaired) electrons. The van der Waals surface area contributed by atoms with Gasteiger partial charge in [0, 0.05) is 36.8 Å². The van der Waals surface area contributed by atoms with Crippen LogP contribution in [0.25, 0.3) is 0 Å². The predicted molar refractivity (Wildman–Crippen MR) is 93.0 cm³/mol. The SMILES string of the molecule is NC(=O)COc1ccc(Cl)cc1CN1CCCn2nc(CO)cc2C1. The molecular formula is C17H21ClN4O3. The van der Waals surface area contributed by atoms with E-state index in [9.17, 15) is 9.90 Å². The number of aliphatic hydroxyl groups excluding tert-OH is 1. The molecule has 25 heavy (non-hydrogen) atoms. The fourth-order valence-corrected chi connectivity index (χ4v) is 3.20. The number of carbonyl (C=O) groups is 1. The summed E-state index contributed by atoms with van der Waals surface area (Å²) in [6.07, 6.45) is 0.956. The van der Waals surface area contributed by atoms with Crippen LogP contribution in [-0.2, 0) is 31.0 Å². The van der Waals surface area contributed by atoms with E-state index in [0.29, 0.717) is 23.0 Å². The number of aliphatic hydroxyl groups is 1. The van der Waals surface area contributed by atoms with Crippen LogP contribution in [0.2, 0.25) is 5.02 Å². The molecule has 0 spiro atoms. The zero-order valence-corrected chi connectivity index (χ0v) is 14.6. The average Bonchev–Trinajstić information content (AvgIpc) is 2.86. The number of rotatable bonds is 6. The summed E-state index contributed by atoms with van der Waals surface area (Å²) in [5.74, 6) is 0.0908. The minimum absolute atomic E-state index is 0.0562. The fourth-order valence-electron chi connectivity index (χ4n) is 3.00. The smallest absolute Gasteiger partial charge is 0.255 e. The zero-order valence-electron chi connectivity index (χ0n) is 13.8. The summed E-state index contributed by atoms with van der Waals surface area (Å²) in [6.45, 7) is 2.86. The number of nitrogens with two attached hydrogens (primary N) is 1. The Morgan fingerprint density at radius 1 is 1.36 bits per heavy atom. The highest BCUT2D eigenvalue weighted by atomic mass is 35.5. The first kappa shape index (κ1) is 17.7. The van der Waals surface area contributed by atoms with Crippen LogP contribution in [0, 0.1) is 0 Å². The molecule has 1 aromatic heterocycles. The van der Waals surface area contributed by atoms with Crippen LogP contribution < -0.4 is 10.5 Å². The summed E-state index contributed by atoms with van der Waals surface area (Å²) in [4.78, 5) is 13.3. The molecule has 0 unspecified atom stereocenters. The van der Waals surface area contributed by atoms with Crippen molar-refractivity contribution in [2.75, 3.05) is 13.2 Å². The highest BCUT2D eigenvalue weighted by Gasteiger charge is 2.18. The second-order valence-corrected chi connectivity index (χ2v) is 6.52. The highest BCUT2D eigenvalue weighted by Crippen LogP contribution is 2.26. The van der Waals surface area contributed by atoms with Crippen LogP contribution in [0.3, 0.4) is 0 Å². The molecule has 3 N–H and O–H groups in total. The number of amides is 1. The van der Waals surface area contributed by atoms with Crippen molar-refractivity contribution in [2.24, 2.45) is 5.73 Å². The maximum atomic E-state index is 11.0. The minimum Gasteiger partial charge on any atom is -0.483 e. The first-order valence-electron chi connectivity index (χ1n) is 8.13. The van der Waals surface area contributed by atoms with E-state index in [0.717, 1.165) is 37.3 Å². The van der Waals surface area contributed by atoms with Crippen LogP contribution in [0.5, 0.6) is 5.75 Å². The normalized spacial score (nSPS) is 14.8. The third-order valence-electron chi connectivity index (χ3n) is 4.09. The van der Waals surface area contributed by atoms with Crippen LogP contribution in [0.15, 0.2) is 24.3 Å². The molecule has 0 aliphatic carbocycles. The van der Waals surface area contributed by atoms with Crippen molar-refractivity contribution in [3.05, 3.63) is 46.2 Å². The number of hydrogen-bond donors (Lipinski definition) is 2. The van der Waals surface area contributed by atoms with E-state index in [1.165, 1.54) is 0 Å². The van der Waals surface area contributed by atoms with Gasteiger partial charge in [-0.1, -0.05) is 11.6 Å². The van der Waals surface area contributed by atoms with Gasteiger partial charge in [0.1, 0.15) is 5.75 Å². The molecule has 0 saturated heterocycles. The summed E-state index contributed by atoms with van der Waals surface area (Å²) >= 11 is 6.13. The number of carbonyl (C=O) groups excluding carboxylic acids is 1. The molecule has 1 aliphatic rings. The Morgan fingerprint density at radius 2 is 2.20 bits per heavy atom. The molecule has 1 aromatic carbocycles. The number of aromatic nitrogens is 2. The van der Waals surface area contributed by atoms with Gasteiger partial charge in [0.05, 0.1) is 18.0 Å². The standard InChI is InChI=1S/C17H21ClN4O3/c18-13-2-3-16(25-11-17(19)24)12(6-13)8-21-4-1-5-22-15(9-21)7-14(10-23)20-22/h2-3,6-7,23H,1,4-5,8-11H2,(H2,19,24). The van der Waals surface area contributed by atoms with Gasteiger partial charge >= 0.3 is 0 Å². The van der Waals surface area contributed by atoms with Crippen molar-refractivity contribution >= 4 is 17.5 Å². The Morgan fingerprint density at radius 3 is 2.96 bits per heavy atom. The van der Waals surface area contributed by atoms with Gasteiger partial charge in [0.2, 0.25) is 0 Å². The lowest BCUT2D eigenvalue weighted by Crippen LogP contribution is -2.24. The van der Waals surface area contributed by atoms with Gasteiger partial charge in [0.15, 0.2) is 6.61 Å². The van der Waals surface area contributed by atoms with E-state index >= 15 is 0 Å². The molecule has 0 bridgehead atoms. The monoisotopic (exact) mass is 364 g/mol. The van der Waals surface area contributed by atoms with Crippen molar-refractivity contribution < 1.29 is 14.6 Å². The molecule has 8 heteroatoms. The van der Waals surface area contributed by atoms with Gasteiger partial charge in [-0.05, 0) is 30.7 Å². The van der Waals surface area contributed by atoms with Crippen molar-refractivity contribution in [3.63, 3.8) is 0 Å². The Balaban J connectivity index is 1.76. The Bertz CT molecular complexity index is 762. The Kier molecular flexibility index (Phi) is 5.57. The van der Waals surface area contributed by atoms with Gasteiger partial charge in [0.25, 0.3) is 5.91 Å². The third kappa shape index (κ3) is 4.50. The van der Waals surface area contributed by atoms with E-state index < -0.39 is 5.91 Å². The number of aryl methyl sites for hydroxylation is 1. The lowest BCUT2D eigenvalue weighted by Gasteiger charge is -2.21. The second kappa shape index (κ2) is 7.86. The van der Waals surface area contributed by atoms with Crippen LogP contribution in [0.4, 0.5) is 0 Å². The van der Waals surface area contributed by atoms with Crippen molar-refractivity contribution in [1.29, 1.82) is 0 Å². The van der Waals surface area contributed by atoms with Crippen molar-refractivity contribution in [3.8, 4) is 5.75 Å². The molecule has 0 atom stereocenters. The molecule has 7 nitrogen and oxygen atoms in total. The van der Waals surface area contributed by atoms with E-state index in [4.69, 9.17) is 22.1 Å². The summed E-state index contributed by atoms with van der Waals surface area (Å²) in [6, 6.07) is 7.26. The molecule has 1 aliphatic heterocycles. The van der Waals surface area contributed by atoms with E-state index in [2.05, 4.69) is 10.00 Å². The number of nitrogens with zero attached hydrogens (tertiary/aromatic N) is 3. The summed E-state index contributed by atoms with van der Waals surface area (Å²) in [7, 11) is 0. The highest BCUT2D eigenvalue weighted by molar-refractivity contribution is 6.30. The third-order valence-corrected chi connectivity index (χ3v) is 4.33. The topological polar surface area (TPSA) is 93.6 Å². The fraction of sp³-hybridized carbons (Fsp3) is 0.412. The largest absolute Gasteiger partial charge is 0.483 e. The summed E-state index contributed by atoms with van der Waals surface area (Å²) < 4.78 is 7.46. The van der Waals surface area contributed by atoms with Gasteiger partial charge in [-0.15, -0.1) is 0 Å². The molecule has 0 fully saturated rings. The molecule has 3 rings (SSSR count). The Hall–Kier alpha value is -2.09. The number of halogens is 1. The van der Waals surface area contributed by atoms with Crippen molar-refractivity contribution in [1.82, 2.24) is 14.7 Å². The molecule has 0 saturated carbocycles. The first-order chi connectivity index (χ1) is 12.0. The molecule has 2 heterocycles. The average molecular weight is 365 g/mol. The molecule has 134 valence electrons. The molecule has 2 aromatic rings. The lowest BCUT2D eigenvalue weighted by atomic mass is 10.1. The van der Waals surface area contributed by atoms with Gasteiger partial charge in [-0.3, -0.25) is 14.4 Å². The number of benzene rings is 1. The van der Waals surface area contributed by atoms with E-state index in [1.807, 2.05) is 16.8 Å². The van der Waals surface area contributed by atoms with Gasteiger partial charge in [-0.25, -0.2) is 0 Å². The van der Waals surface area contributed by atoms with Gasteiger partial charge < -0.3 is 15.6 Å². The summed E-state index contributed by atoms with van der Waals surface area (Å²) in [5.41, 5.74) is 7.83. The lowest BCUT2D eigenvalue weighted by molar-refractivity contribution is -0.119. The number of fused-ring (bicyclic) bond motifs is 1. The number of ether oxygens (including phenoxy) is 1. The maximum absolute atomic E-state index is 11.0. The van der Waals surface area contributed by atoms with E-state index in [1.54, 1.807) is 12.1 Å². The Labute approximate surface area is 150 Å². The second-order valence-electron chi connectivity index (χ2n) is 6.08. The van der Waals surface area contributed by atoms with Crippen LogP contribution >= 0.6 is 11.6 Å².